The average molecular weight is 495 g/mol. The standard InChI is InChI=1S/C37H34O/c1-37(2)35-23-29(27-11-8-14-32(22-27)38-31-12-4-3-5-13-31)17-19-33(35)34-20-18-30(24-36(34)37)28-16-15-25-9-6-7-10-26(25)21-28/h3-6,8-9,11-14,18,20-24H,7,10,15-17,19H2,1-2H3. The van der Waals surface area contributed by atoms with E-state index in [4.69, 9.17) is 4.74 Å². The maximum absolute atomic E-state index is 6.14. The molecule has 188 valence electrons. The molecule has 38 heavy (non-hydrogen) atoms. The topological polar surface area (TPSA) is 9.23 Å². The summed E-state index contributed by atoms with van der Waals surface area (Å²) in [5, 5.41) is 0. The summed E-state index contributed by atoms with van der Waals surface area (Å²) in [6.45, 7) is 4.82. The van der Waals surface area contributed by atoms with Gasteiger partial charge in [0.2, 0.25) is 0 Å². The van der Waals surface area contributed by atoms with Crippen LogP contribution in [0.25, 0.3) is 16.7 Å². The first-order valence-corrected chi connectivity index (χ1v) is 14.1. The Morgan fingerprint density at radius 2 is 1.45 bits per heavy atom. The summed E-state index contributed by atoms with van der Waals surface area (Å²) >= 11 is 0. The molecule has 0 saturated heterocycles. The van der Waals surface area contributed by atoms with E-state index >= 15 is 0 Å². The van der Waals surface area contributed by atoms with Gasteiger partial charge in [-0.2, -0.15) is 0 Å². The predicted molar refractivity (Wildman–Crippen MR) is 159 cm³/mol. The van der Waals surface area contributed by atoms with Crippen LogP contribution < -0.4 is 4.74 Å². The lowest BCUT2D eigenvalue weighted by Gasteiger charge is -2.27. The van der Waals surface area contributed by atoms with Crippen LogP contribution in [0.4, 0.5) is 0 Å². The van der Waals surface area contributed by atoms with Gasteiger partial charge in [-0.05, 0) is 125 Å². The van der Waals surface area contributed by atoms with Crippen molar-refractivity contribution in [3.8, 4) is 11.5 Å². The molecule has 0 aromatic heterocycles. The SMILES string of the molecule is CC1(C)C2=C(CCC(c3cccc(Oc4ccccc4)c3)=C2)c2ccc(C3=CC4=C(C=CCC4)CC3)cc21. The van der Waals surface area contributed by atoms with Gasteiger partial charge in [0.25, 0.3) is 0 Å². The van der Waals surface area contributed by atoms with Crippen molar-refractivity contribution in [3.63, 3.8) is 0 Å². The number of hydrogen-bond acceptors (Lipinski definition) is 1. The molecule has 3 aromatic carbocycles. The first-order valence-electron chi connectivity index (χ1n) is 14.1. The van der Waals surface area contributed by atoms with Gasteiger partial charge in [0.1, 0.15) is 11.5 Å². The maximum Gasteiger partial charge on any atom is 0.128 e. The molecular weight excluding hydrogens is 460 g/mol. The van der Waals surface area contributed by atoms with Crippen molar-refractivity contribution in [2.45, 2.75) is 57.8 Å². The van der Waals surface area contributed by atoms with E-state index in [1.807, 2.05) is 36.4 Å². The number of rotatable bonds is 4. The molecule has 7 rings (SSSR count). The second-order valence-corrected chi connectivity index (χ2v) is 11.6. The van der Waals surface area contributed by atoms with Crippen LogP contribution in [0.5, 0.6) is 11.5 Å². The van der Waals surface area contributed by atoms with Crippen LogP contribution in [0.15, 0.2) is 114 Å². The fourth-order valence-electron chi connectivity index (χ4n) is 6.77. The lowest BCUT2D eigenvalue weighted by atomic mass is 9.77. The van der Waals surface area contributed by atoms with E-state index in [1.54, 1.807) is 11.1 Å². The van der Waals surface area contributed by atoms with Gasteiger partial charge in [-0.3, -0.25) is 0 Å². The smallest absolute Gasteiger partial charge is 0.128 e. The number of benzene rings is 3. The normalized spacial score (nSPS) is 19.4. The van der Waals surface area contributed by atoms with Crippen LogP contribution in [-0.4, -0.2) is 0 Å². The minimum absolute atomic E-state index is 0.00226. The van der Waals surface area contributed by atoms with Crippen molar-refractivity contribution in [2.75, 3.05) is 0 Å². The summed E-state index contributed by atoms with van der Waals surface area (Å²) < 4.78 is 6.14. The summed E-state index contributed by atoms with van der Waals surface area (Å²) in [6.07, 6.45) is 16.5. The number of ether oxygens (including phenoxy) is 1. The van der Waals surface area contributed by atoms with Crippen molar-refractivity contribution in [1.82, 2.24) is 0 Å². The highest BCUT2D eigenvalue weighted by atomic mass is 16.5. The molecule has 3 aromatic rings. The molecule has 1 heteroatoms. The molecule has 0 radical (unpaired) electrons. The highest BCUT2D eigenvalue weighted by Crippen LogP contribution is 2.53. The van der Waals surface area contributed by atoms with E-state index in [0.717, 1.165) is 30.8 Å². The van der Waals surface area contributed by atoms with Gasteiger partial charge in [0, 0.05) is 5.41 Å². The Balaban J connectivity index is 1.20. The number of fused-ring (bicyclic) bond motifs is 2. The lowest BCUT2D eigenvalue weighted by Crippen LogP contribution is -2.17. The highest BCUT2D eigenvalue weighted by Gasteiger charge is 2.38. The van der Waals surface area contributed by atoms with Crippen molar-refractivity contribution in [1.29, 1.82) is 0 Å². The molecule has 0 spiro atoms. The molecule has 0 unspecified atom stereocenters. The Hall–Kier alpha value is -3.84. The number of para-hydroxylation sites is 1. The van der Waals surface area contributed by atoms with Crippen molar-refractivity contribution in [3.05, 3.63) is 136 Å². The highest BCUT2D eigenvalue weighted by molar-refractivity contribution is 5.89. The summed E-state index contributed by atoms with van der Waals surface area (Å²) in [7, 11) is 0. The molecule has 0 N–H and O–H groups in total. The first kappa shape index (κ1) is 23.3. The van der Waals surface area contributed by atoms with Crippen LogP contribution in [0.1, 0.15) is 74.6 Å². The van der Waals surface area contributed by atoms with Gasteiger partial charge < -0.3 is 4.74 Å². The summed E-state index contributed by atoms with van der Waals surface area (Å²) in [6, 6.07) is 25.9. The van der Waals surface area contributed by atoms with Crippen molar-refractivity contribution < 1.29 is 4.74 Å². The van der Waals surface area contributed by atoms with E-state index in [1.165, 1.54) is 63.8 Å². The Kier molecular flexibility index (Phi) is 5.62. The van der Waals surface area contributed by atoms with Crippen LogP contribution in [0.3, 0.4) is 0 Å². The molecule has 0 fully saturated rings. The molecule has 0 aliphatic heterocycles. The predicted octanol–water partition coefficient (Wildman–Crippen LogP) is 10.2. The molecular formula is C37H34O. The molecule has 0 saturated carbocycles. The molecule has 0 bridgehead atoms. The molecule has 4 aliphatic rings. The molecule has 0 amide bonds. The first-order chi connectivity index (χ1) is 18.6. The van der Waals surface area contributed by atoms with E-state index in [-0.39, 0.29) is 5.41 Å². The third-order valence-electron chi connectivity index (χ3n) is 8.86. The lowest BCUT2D eigenvalue weighted by molar-refractivity contribution is 0.482. The van der Waals surface area contributed by atoms with Gasteiger partial charge in [-0.1, -0.05) is 80.6 Å². The summed E-state index contributed by atoms with van der Waals surface area (Å²) in [5.74, 6) is 1.76. The molecule has 0 atom stereocenters. The van der Waals surface area contributed by atoms with Crippen LogP contribution in [0.2, 0.25) is 0 Å². The fraction of sp³-hybridized carbons (Fsp3) is 0.243. The van der Waals surface area contributed by atoms with Gasteiger partial charge in [-0.15, -0.1) is 0 Å². The van der Waals surface area contributed by atoms with Crippen molar-refractivity contribution in [2.24, 2.45) is 0 Å². The maximum atomic E-state index is 6.14. The minimum Gasteiger partial charge on any atom is -0.457 e. The zero-order valence-electron chi connectivity index (χ0n) is 22.4. The quantitative estimate of drug-likeness (QED) is 0.350. The third kappa shape index (κ3) is 4.02. The zero-order chi connectivity index (χ0) is 25.7. The summed E-state index contributed by atoms with van der Waals surface area (Å²) in [4.78, 5) is 0. The summed E-state index contributed by atoms with van der Waals surface area (Å²) in [5.41, 5.74) is 14.7. The van der Waals surface area contributed by atoms with Gasteiger partial charge >= 0.3 is 0 Å². The fourth-order valence-corrected chi connectivity index (χ4v) is 6.77. The Morgan fingerprint density at radius 3 is 2.34 bits per heavy atom. The largest absolute Gasteiger partial charge is 0.457 e. The van der Waals surface area contributed by atoms with E-state index in [2.05, 4.69) is 74.5 Å². The monoisotopic (exact) mass is 494 g/mol. The molecule has 1 nitrogen and oxygen atoms in total. The second kappa shape index (κ2) is 9.17. The van der Waals surface area contributed by atoms with Gasteiger partial charge in [0.15, 0.2) is 0 Å². The van der Waals surface area contributed by atoms with Gasteiger partial charge in [0.05, 0.1) is 0 Å². The van der Waals surface area contributed by atoms with Crippen LogP contribution in [0, 0.1) is 0 Å². The van der Waals surface area contributed by atoms with Crippen LogP contribution >= 0.6 is 0 Å². The van der Waals surface area contributed by atoms with E-state index in [9.17, 15) is 0 Å². The Bertz CT molecular complexity index is 1590. The number of allylic oxidation sites excluding steroid dienone is 10. The zero-order valence-corrected chi connectivity index (χ0v) is 22.4. The minimum atomic E-state index is -0.00226. The average Bonchev–Trinajstić information content (AvgIpc) is 3.19. The van der Waals surface area contributed by atoms with E-state index < -0.39 is 0 Å². The molecule has 0 heterocycles. The Morgan fingerprint density at radius 1 is 0.658 bits per heavy atom. The third-order valence-corrected chi connectivity index (χ3v) is 8.86. The van der Waals surface area contributed by atoms with Crippen LogP contribution in [-0.2, 0) is 5.41 Å². The van der Waals surface area contributed by atoms with Gasteiger partial charge in [-0.25, -0.2) is 0 Å². The number of hydrogen-bond donors (Lipinski definition) is 0. The van der Waals surface area contributed by atoms with Crippen molar-refractivity contribution >= 4 is 16.7 Å². The Labute approximate surface area is 226 Å². The van der Waals surface area contributed by atoms with E-state index in [0.29, 0.717) is 0 Å². The second-order valence-electron chi connectivity index (χ2n) is 11.6. The molecule has 4 aliphatic carbocycles.